The highest BCUT2D eigenvalue weighted by molar-refractivity contribution is 5.82. The van der Waals surface area contributed by atoms with Crippen LogP contribution in [0, 0.1) is 0 Å². The summed E-state index contributed by atoms with van der Waals surface area (Å²) in [6, 6.07) is 21.7. The zero-order valence-corrected chi connectivity index (χ0v) is 17.8. The summed E-state index contributed by atoms with van der Waals surface area (Å²) in [5.41, 5.74) is 2.16. The highest BCUT2D eigenvalue weighted by atomic mass is 16.2. The second-order valence-corrected chi connectivity index (χ2v) is 8.20. The summed E-state index contributed by atoms with van der Waals surface area (Å²) in [7, 11) is 0. The molecule has 1 saturated carbocycles. The lowest BCUT2D eigenvalue weighted by Gasteiger charge is -2.28. The van der Waals surface area contributed by atoms with Crippen molar-refractivity contribution in [3.63, 3.8) is 0 Å². The molecule has 0 bridgehead atoms. The predicted octanol–water partition coefficient (Wildman–Crippen LogP) is 4.22. The molecule has 1 aliphatic carbocycles. The Morgan fingerprint density at radius 1 is 0.871 bits per heavy atom. The molecule has 1 aliphatic rings. The number of carbonyl (C=O) groups is 1. The summed E-state index contributed by atoms with van der Waals surface area (Å²) in [6.45, 7) is 0. The molecule has 0 aliphatic heterocycles. The zero-order chi connectivity index (χ0) is 21.3. The van der Waals surface area contributed by atoms with Gasteiger partial charge in [0.2, 0.25) is 5.91 Å². The standard InChI is InChI=1S/C26H30N4O/c31-26(29-22-15-8-3-9-16-22)23(19-20-11-4-1-5-12-20)30-24(21-13-6-2-7-14-21)25-27-17-10-18-28-25/h1-2,4-7,10-14,17-18,22-24,30H,3,8-9,15-16,19H2,(H,29,31)/t23-,24-/m0/s1. The van der Waals surface area contributed by atoms with Gasteiger partial charge < -0.3 is 5.32 Å². The number of rotatable bonds is 8. The molecular formula is C26H30N4O. The lowest BCUT2D eigenvalue weighted by molar-refractivity contribution is -0.124. The molecule has 1 aromatic heterocycles. The van der Waals surface area contributed by atoms with Crippen molar-refractivity contribution in [2.75, 3.05) is 0 Å². The van der Waals surface area contributed by atoms with Gasteiger partial charge in [-0.1, -0.05) is 79.9 Å². The van der Waals surface area contributed by atoms with Crippen LogP contribution in [0.15, 0.2) is 79.1 Å². The summed E-state index contributed by atoms with van der Waals surface area (Å²) in [5.74, 6) is 0.713. The third-order valence-corrected chi connectivity index (χ3v) is 5.90. The smallest absolute Gasteiger partial charge is 0.237 e. The molecule has 1 heterocycles. The molecule has 160 valence electrons. The van der Waals surface area contributed by atoms with Gasteiger partial charge in [0.25, 0.3) is 0 Å². The Morgan fingerprint density at radius 2 is 1.52 bits per heavy atom. The molecular weight excluding hydrogens is 384 g/mol. The topological polar surface area (TPSA) is 66.9 Å². The summed E-state index contributed by atoms with van der Waals surface area (Å²) in [6.07, 6.45) is 9.86. The van der Waals surface area contributed by atoms with E-state index >= 15 is 0 Å². The van der Waals surface area contributed by atoms with E-state index in [1.165, 1.54) is 19.3 Å². The summed E-state index contributed by atoms with van der Waals surface area (Å²) in [5, 5.41) is 6.89. The number of benzene rings is 2. The largest absolute Gasteiger partial charge is 0.352 e. The lowest BCUT2D eigenvalue weighted by Crippen LogP contribution is -2.50. The fraction of sp³-hybridized carbons (Fsp3) is 0.346. The molecule has 0 unspecified atom stereocenters. The van der Waals surface area contributed by atoms with Gasteiger partial charge in [0.05, 0.1) is 12.1 Å². The second kappa shape index (κ2) is 10.8. The van der Waals surface area contributed by atoms with Gasteiger partial charge in [0.15, 0.2) is 0 Å². The average molecular weight is 415 g/mol. The molecule has 3 aromatic rings. The van der Waals surface area contributed by atoms with E-state index in [0.717, 1.165) is 24.0 Å². The maximum Gasteiger partial charge on any atom is 0.237 e. The van der Waals surface area contributed by atoms with Crippen molar-refractivity contribution in [3.8, 4) is 0 Å². The zero-order valence-electron chi connectivity index (χ0n) is 17.8. The van der Waals surface area contributed by atoms with Crippen LogP contribution in [-0.2, 0) is 11.2 Å². The van der Waals surface area contributed by atoms with Gasteiger partial charge in [0, 0.05) is 18.4 Å². The summed E-state index contributed by atoms with van der Waals surface area (Å²) in [4.78, 5) is 22.4. The van der Waals surface area contributed by atoms with Crippen LogP contribution < -0.4 is 10.6 Å². The molecule has 4 rings (SSSR count). The lowest BCUT2D eigenvalue weighted by atomic mass is 9.94. The quantitative estimate of drug-likeness (QED) is 0.579. The monoisotopic (exact) mass is 414 g/mol. The first-order valence-corrected chi connectivity index (χ1v) is 11.2. The van der Waals surface area contributed by atoms with Gasteiger partial charge in [-0.3, -0.25) is 10.1 Å². The van der Waals surface area contributed by atoms with Gasteiger partial charge in [-0.25, -0.2) is 9.97 Å². The Labute approximate surface area is 184 Å². The Kier molecular flexibility index (Phi) is 7.40. The van der Waals surface area contributed by atoms with Crippen molar-refractivity contribution in [3.05, 3.63) is 96.1 Å². The van der Waals surface area contributed by atoms with E-state index in [0.29, 0.717) is 12.2 Å². The molecule has 2 N–H and O–H groups in total. The highest BCUT2D eigenvalue weighted by Gasteiger charge is 2.27. The Hall–Kier alpha value is -3.05. The molecule has 31 heavy (non-hydrogen) atoms. The van der Waals surface area contributed by atoms with Gasteiger partial charge >= 0.3 is 0 Å². The van der Waals surface area contributed by atoms with Crippen LogP contribution in [0.3, 0.4) is 0 Å². The van der Waals surface area contributed by atoms with Gasteiger partial charge in [0.1, 0.15) is 5.82 Å². The van der Waals surface area contributed by atoms with Gasteiger partial charge in [-0.05, 0) is 36.5 Å². The SMILES string of the molecule is O=C(NC1CCCCC1)[C@H](Cc1ccccc1)N[C@@H](c1ccccc1)c1ncccn1. The van der Waals surface area contributed by atoms with Crippen molar-refractivity contribution in [1.82, 2.24) is 20.6 Å². The van der Waals surface area contributed by atoms with E-state index in [-0.39, 0.29) is 18.0 Å². The van der Waals surface area contributed by atoms with E-state index in [2.05, 4.69) is 32.7 Å². The maximum atomic E-state index is 13.4. The second-order valence-electron chi connectivity index (χ2n) is 8.20. The van der Waals surface area contributed by atoms with Crippen molar-refractivity contribution >= 4 is 5.91 Å². The molecule has 5 heteroatoms. The number of aromatic nitrogens is 2. The van der Waals surface area contributed by atoms with Crippen molar-refractivity contribution in [1.29, 1.82) is 0 Å². The molecule has 2 atom stereocenters. The Balaban J connectivity index is 1.59. The normalized spacial score (nSPS) is 16.4. The molecule has 1 fully saturated rings. The number of carbonyl (C=O) groups excluding carboxylic acids is 1. The number of nitrogens with zero attached hydrogens (tertiary/aromatic N) is 2. The minimum Gasteiger partial charge on any atom is -0.352 e. The van der Waals surface area contributed by atoms with Crippen molar-refractivity contribution in [2.45, 2.75) is 56.7 Å². The first kappa shape index (κ1) is 21.2. The fourth-order valence-corrected chi connectivity index (χ4v) is 4.25. The van der Waals surface area contributed by atoms with E-state index < -0.39 is 6.04 Å². The van der Waals surface area contributed by atoms with E-state index in [1.807, 2.05) is 54.6 Å². The van der Waals surface area contributed by atoms with Crippen LogP contribution in [0.4, 0.5) is 0 Å². The molecule has 0 spiro atoms. The predicted molar refractivity (Wildman–Crippen MR) is 122 cm³/mol. The van der Waals surface area contributed by atoms with Crippen LogP contribution >= 0.6 is 0 Å². The third kappa shape index (κ3) is 5.98. The summed E-state index contributed by atoms with van der Waals surface area (Å²) < 4.78 is 0. The van der Waals surface area contributed by atoms with Crippen molar-refractivity contribution < 1.29 is 4.79 Å². The van der Waals surface area contributed by atoms with E-state index in [1.54, 1.807) is 12.4 Å². The number of hydrogen-bond donors (Lipinski definition) is 2. The molecule has 1 amide bonds. The number of amides is 1. The fourth-order valence-electron chi connectivity index (χ4n) is 4.25. The van der Waals surface area contributed by atoms with Crippen molar-refractivity contribution in [2.24, 2.45) is 0 Å². The first-order chi connectivity index (χ1) is 15.3. The molecule has 5 nitrogen and oxygen atoms in total. The Bertz CT molecular complexity index is 888. The minimum absolute atomic E-state index is 0.0487. The van der Waals surface area contributed by atoms with Crippen LogP contribution in [0.25, 0.3) is 0 Å². The van der Waals surface area contributed by atoms with Crippen LogP contribution in [0.5, 0.6) is 0 Å². The third-order valence-electron chi connectivity index (χ3n) is 5.90. The number of hydrogen-bond acceptors (Lipinski definition) is 4. The van der Waals surface area contributed by atoms with Crippen LogP contribution in [0.1, 0.15) is 55.1 Å². The molecule has 0 saturated heterocycles. The average Bonchev–Trinajstić information content (AvgIpc) is 2.84. The van der Waals surface area contributed by atoms with E-state index in [9.17, 15) is 4.79 Å². The van der Waals surface area contributed by atoms with Crippen LogP contribution in [-0.4, -0.2) is 28.0 Å². The maximum absolute atomic E-state index is 13.4. The number of nitrogens with one attached hydrogen (secondary N) is 2. The van der Waals surface area contributed by atoms with Crippen LogP contribution in [0.2, 0.25) is 0 Å². The molecule has 0 radical (unpaired) electrons. The van der Waals surface area contributed by atoms with Gasteiger partial charge in [-0.2, -0.15) is 0 Å². The summed E-state index contributed by atoms with van der Waals surface area (Å²) >= 11 is 0. The Morgan fingerprint density at radius 3 is 2.19 bits per heavy atom. The molecule has 2 aromatic carbocycles. The van der Waals surface area contributed by atoms with Gasteiger partial charge in [-0.15, -0.1) is 0 Å². The minimum atomic E-state index is -0.390. The first-order valence-electron chi connectivity index (χ1n) is 11.2. The van der Waals surface area contributed by atoms with E-state index in [4.69, 9.17) is 0 Å². The highest BCUT2D eigenvalue weighted by Crippen LogP contribution is 2.21.